The molecule has 0 saturated carbocycles. The minimum atomic E-state index is 0.302. The molecule has 0 amide bonds. The van der Waals surface area contributed by atoms with E-state index in [4.69, 9.17) is 0 Å². The van der Waals surface area contributed by atoms with Gasteiger partial charge in [0.25, 0.3) is 0 Å². The van der Waals surface area contributed by atoms with Crippen molar-refractivity contribution in [2.75, 3.05) is 0 Å². The summed E-state index contributed by atoms with van der Waals surface area (Å²) >= 11 is 1.64. The van der Waals surface area contributed by atoms with Crippen LogP contribution in [-0.4, -0.2) is 10.1 Å². The van der Waals surface area contributed by atoms with E-state index in [9.17, 15) is 5.11 Å². The Morgan fingerprint density at radius 1 is 1.00 bits per heavy atom. The van der Waals surface area contributed by atoms with Crippen LogP contribution in [0.1, 0.15) is 17.7 Å². The van der Waals surface area contributed by atoms with E-state index in [0.29, 0.717) is 5.75 Å². The average molecular weight is 243 g/mol. The summed E-state index contributed by atoms with van der Waals surface area (Å²) < 4.78 is 0. The number of pyridine rings is 1. The maximum atomic E-state index is 9.22. The molecule has 1 aromatic carbocycles. The average Bonchev–Trinajstić information content (AvgIpc) is 2.79. The molecular formula is C14H13NOS. The molecule has 0 fully saturated rings. The second-order valence-electron chi connectivity index (χ2n) is 4.20. The van der Waals surface area contributed by atoms with Crippen LogP contribution in [0, 0.1) is 0 Å². The summed E-state index contributed by atoms with van der Waals surface area (Å²) in [6.07, 6.45) is 3.52. The van der Waals surface area contributed by atoms with Gasteiger partial charge in [-0.25, -0.2) is 4.98 Å². The summed E-state index contributed by atoms with van der Waals surface area (Å²) in [6, 6.07) is 11.5. The fourth-order valence-corrected chi connectivity index (χ4v) is 2.90. The van der Waals surface area contributed by atoms with Gasteiger partial charge in [-0.1, -0.05) is 17.8 Å². The highest BCUT2D eigenvalue weighted by atomic mass is 32.2. The van der Waals surface area contributed by atoms with E-state index in [1.807, 2.05) is 12.1 Å². The molecule has 1 aliphatic rings. The lowest BCUT2D eigenvalue weighted by molar-refractivity contribution is 0.475. The maximum Gasteiger partial charge on any atom is 0.115 e. The first-order chi connectivity index (χ1) is 8.31. The van der Waals surface area contributed by atoms with Gasteiger partial charge in [-0.05, 0) is 55.2 Å². The molecule has 1 aromatic heterocycles. The smallest absolute Gasteiger partial charge is 0.115 e. The molecule has 0 atom stereocenters. The lowest BCUT2D eigenvalue weighted by atomic mass is 10.2. The molecule has 86 valence electrons. The lowest BCUT2D eigenvalue weighted by Gasteiger charge is -2.04. The summed E-state index contributed by atoms with van der Waals surface area (Å²) in [7, 11) is 0. The Kier molecular flexibility index (Phi) is 2.77. The minimum absolute atomic E-state index is 0.302. The van der Waals surface area contributed by atoms with E-state index in [-0.39, 0.29) is 0 Å². The number of hydrogen-bond acceptors (Lipinski definition) is 3. The van der Waals surface area contributed by atoms with Crippen molar-refractivity contribution in [2.45, 2.75) is 29.2 Å². The van der Waals surface area contributed by atoms with Gasteiger partial charge in [-0.3, -0.25) is 0 Å². The molecule has 3 rings (SSSR count). The number of phenols is 1. The first kappa shape index (κ1) is 10.7. The quantitative estimate of drug-likeness (QED) is 0.877. The van der Waals surface area contributed by atoms with Crippen LogP contribution in [0.2, 0.25) is 0 Å². The number of aromatic hydroxyl groups is 1. The molecule has 3 heteroatoms. The van der Waals surface area contributed by atoms with Crippen LogP contribution < -0.4 is 0 Å². The molecule has 0 saturated heterocycles. The van der Waals surface area contributed by atoms with E-state index in [0.717, 1.165) is 16.3 Å². The topological polar surface area (TPSA) is 33.1 Å². The molecular weight excluding hydrogens is 230 g/mol. The van der Waals surface area contributed by atoms with Gasteiger partial charge in [0.15, 0.2) is 0 Å². The van der Waals surface area contributed by atoms with E-state index in [1.165, 1.54) is 24.1 Å². The molecule has 17 heavy (non-hydrogen) atoms. The Hall–Kier alpha value is -1.48. The number of aromatic nitrogens is 1. The molecule has 1 N–H and O–H groups in total. The van der Waals surface area contributed by atoms with Crippen molar-refractivity contribution in [1.29, 1.82) is 0 Å². The second-order valence-corrected chi connectivity index (χ2v) is 5.30. The fourth-order valence-electron chi connectivity index (χ4n) is 2.09. The van der Waals surface area contributed by atoms with Crippen LogP contribution in [-0.2, 0) is 12.8 Å². The van der Waals surface area contributed by atoms with Gasteiger partial charge >= 0.3 is 0 Å². The first-order valence-corrected chi connectivity index (χ1v) is 6.58. The van der Waals surface area contributed by atoms with Gasteiger partial charge in [0.05, 0.1) is 0 Å². The number of phenolic OH excluding ortho intramolecular Hbond substituents is 1. The largest absolute Gasteiger partial charge is 0.508 e. The summed E-state index contributed by atoms with van der Waals surface area (Å²) in [4.78, 5) is 5.78. The molecule has 0 spiro atoms. The van der Waals surface area contributed by atoms with E-state index in [2.05, 4.69) is 17.1 Å². The van der Waals surface area contributed by atoms with Gasteiger partial charge in [0.2, 0.25) is 0 Å². The highest BCUT2D eigenvalue weighted by molar-refractivity contribution is 7.99. The fraction of sp³-hybridized carbons (Fsp3) is 0.214. The summed E-state index contributed by atoms with van der Waals surface area (Å²) in [5.74, 6) is 0.302. The molecule has 2 aromatic rings. The Bertz CT molecular complexity index is 536. The van der Waals surface area contributed by atoms with Crippen molar-refractivity contribution in [1.82, 2.24) is 4.98 Å². The third kappa shape index (κ3) is 2.29. The van der Waals surface area contributed by atoms with Crippen molar-refractivity contribution >= 4 is 11.8 Å². The number of benzene rings is 1. The molecule has 0 bridgehead atoms. The van der Waals surface area contributed by atoms with Gasteiger partial charge in [0, 0.05) is 10.6 Å². The van der Waals surface area contributed by atoms with E-state index < -0.39 is 0 Å². The zero-order valence-corrected chi connectivity index (χ0v) is 10.2. The van der Waals surface area contributed by atoms with Gasteiger partial charge < -0.3 is 5.11 Å². The zero-order chi connectivity index (χ0) is 11.7. The van der Waals surface area contributed by atoms with E-state index >= 15 is 0 Å². The molecule has 2 nitrogen and oxygen atoms in total. The van der Waals surface area contributed by atoms with Crippen LogP contribution in [0.5, 0.6) is 5.75 Å². The van der Waals surface area contributed by atoms with Crippen LogP contribution in [0.15, 0.2) is 46.3 Å². The Balaban J connectivity index is 1.83. The SMILES string of the molecule is Oc1ccc(Sc2ccc3c(n2)CCC3)cc1. The van der Waals surface area contributed by atoms with Crippen LogP contribution in [0.25, 0.3) is 0 Å². The van der Waals surface area contributed by atoms with Crippen molar-refractivity contribution in [3.05, 3.63) is 47.7 Å². The normalized spacial score (nSPS) is 13.6. The third-order valence-corrected chi connectivity index (χ3v) is 3.91. The third-order valence-electron chi connectivity index (χ3n) is 2.96. The highest BCUT2D eigenvalue weighted by Crippen LogP contribution is 2.30. The molecule has 1 aliphatic carbocycles. The molecule has 0 radical (unpaired) electrons. The van der Waals surface area contributed by atoms with E-state index in [1.54, 1.807) is 23.9 Å². The van der Waals surface area contributed by atoms with Crippen molar-refractivity contribution in [3.8, 4) is 5.75 Å². The summed E-state index contributed by atoms with van der Waals surface area (Å²) in [5, 5.41) is 10.3. The number of fused-ring (bicyclic) bond motifs is 1. The Morgan fingerprint density at radius 2 is 1.82 bits per heavy atom. The molecule has 0 unspecified atom stereocenters. The summed E-state index contributed by atoms with van der Waals surface area (Å²) in [5.41, 5.74) is 2.66. The zero-order valence-electron chi connectivity index (χ0n) is 9.39. The highest BCUT2D eigenvalue weighted by Gasteiger charge is 2.12. The predicted molar refractivity (Wildman–Crippen MR) is 68.5 cm³/mol. The monoisotopic (exact) mass is 243 g/mol. The summed E-state index contributed by atoms with van der Waals surface area (Å²) in [6.45, 7) is 0. The van der Waals surface area contributed by atoms with Gasteiger partial charge in [0.1, 0.15) is 10.8 Å². The minimum Gasteiger partial charge on any atom is -0.508 e. The van der Waals surface area contributed by atoms with Crippen molar-refractivity contribution in [2.24, 2.45) is 0 Å². The van der Waals surface area contributed by atoms with Crippen LogP contribution in [0.3, 0.4) is 0 Å². The Labute approximate surface area is 105 Å². The number of nitrogens with zero attached hydrogens (tertiary/aromatic N) is 1. The lowest BCUT2D eigenvalue weighted by Crippen LogP contribution is -1.89. The van der Waals surface area contributed by atoms with Crippen LogP contribution >= 0.6 is 11.8 Å². The number of hydrogen-bond donors (Lipinski definition) is 1. The predicted octanol–water partition coefficient (Wildman–Crippen LogP) is 3.43. The number of rotatable bonds is 2. The maximum absolute atomic E-state index is 9.22. The van der Waals surface area contributed by atoms with Crippen molar-refractivity contribution in [3.63, 3.8) is 0 Å². The standard InChI is InChI=1S/C14H13NOS/c16-11-5-7-12(8-6-11)17-14-9-4-10-2-1-3-13(10)15-14/h4-9,16H,1-3H2. The van der Waals surface area contributed by atoms with Crippen LogP contribution in [0.4, 0.5) is 0 Å². The van der Waals surface area contributed by atoms with Crippen molar-refractivity contribution < 1.29 is 5.11 Å². The second kappa shape index (κ2) is 4.41. The van der Waals surface area contributed by atoms with Gasteiger partial charge in [-0.15, -0.1) is 0 Å². The molecule has 0 aliphatic heterocycles. The molecule has 1 heterocycles. The first-order valence-electron chi connectivity index (χ1n) is 5.77. The van der Waals surface area contributed by atoms with Gasteiger partial charge in [-0.2, -0.15) is 0 Å². The Morgan fingerprint density at radius 3 is 2.65 bits per heavy atom. The number of aryl methyl sites for hydroxylation is 2.